The highest BCUT2D eigenvalue weighted by Crippen LogP contribution is 2.17. The number of aromatic nitrogens is 3. The van der Waals surface area contributed by atoms with Crippen LogP contribution in [0.25, 0.3) is 0 Å². The molecule has 1 atom stereocenters. The summed E-state index contributed by atoms with van der Waals surface area (Å²) in [5.41, 5.74) is 1.08. The monoisotopic (exact) mass is 423 g/mol. The topological polar surface area (TPSA) is 72.3 Å². The molecule has 1 aromatic heterocycles. The summed E-state index contributed by atoms with van der Waals surface area (Å²) in [5.74, 6) is 1.88. The highest BCUT2D eigenvalue weighted by atomic mass is 19.1. The highest BCUT2D eigenvalue weighted by Gasteiger charge is 2.23. The Morgan fingerprint density at radius 1 is 1.10 bits per heavy atom. The van der Waals surface area contributed by atoms with Crippen LogP contribution in [0.1, 0.15) is 30.2 Å². The lowest BCUT2D eigenvalue weighted by Gasteiger charge is -2.20. The first-order chi connectivity index (χ1) is 15.1. The largest absolute Gasteiger partial charge is 0.484 e. The maximum absolute atomic E-state index is 13.1. The third kappa shape index (κ3) is 5.46. The average molecular weight is 423 g/mol. The minimum Gasteiger partial charge on any atom is -0.484 e. The smallest absolute Gasteiger partial charge is 0.258 e. The van der Waals surface area contributed by atoms with Crippen LogP contribution >= 0.6 is 0 Å². The van der Waals surface area contributed by atoms with E-state index in [1.807, 2.05) is 49.4 Å². The molecule has 1 amide bonds. The number of nitrogens with one attached hydrogen (secondary N) is 1. The molecule has 0 spiro atoms. The fourth-order valence-electron chi connectivity index (χ4n) is 3.73. The third-order valence-electron chi connectivity index (χ3n) is 5.34. The number of hydrogen-bond donors (Lipinski definition) is 1. The molecule has 0 bridgehead atoms. The number of fused-ring (bicyclic) bond motifs is 1. The lowest BCUT2D eigenvalue weighted by molar-refractivity contribution is -0.123. The Labute approximate surface area is 180 Å². The summed E-state index contributed by atoms with van der Waals surface area (Å²) in [6.07, 6.45) is 0.770. The van der Waals surface area contributed by atoms with Crippen LogP contribution < -0.4 is 10.1 Å². The average Bonchev–Trinajstić information content (AvgIpc) is 3.09. The fraction of sp³-hybridized carbons (Fsp3) is 0.348. The number of halogens is 1. The molecular weight excluding hydrogens is 397 g/mol. The van der Waals surface area contributed by atoms with Gasteiger partial charge in [0, 0.05) is 32.6 Å². The normalized spacial score (nSPS) is 15.0. The Morgan fingerprint density at radius 3 is 2.65 bits per heavy atom. The van der Waals surface area contributed by atoms with Gasteiger partial charge in [-0.2, -0.15) is 0 Å². The summed E-state index contributed by atoms with van der Waals surface area (Å²) in [6.45, 7) is 5.02. The van der Waals surface area contributed by atoms with Gasteiger partial charge < -0.3 is 14.6 Å². The number of ether oxygens (including phenoxy) is 1. The zero-order chi connectivity index (χ0) is 21.6. The zero-order valence-electron chi connectivity index (χ0n) is 17.5. The first-order valence-electron chi connectivity index (χ1n) is 10.4. The molecule has 0 saturated heterocycles. The van der Waals surface area contributed by atoms with Gasteiger partial charge in [-0.15, -0.1) is 10.2 Å². The fourth-order valence-corrected chi connectivity index (χ4v) is 3.73. The van der Waals surface area contributed by atoms with Gasteiger partial charge in [0.25, 0.3) is 5.91 Å². The molecule has 3 aromatic rings. The molecule has 0 aliphatic carbocycles. The second kappa shape index (κ2) is 9.70. The minimum atomic E-state index is -0.281. The van der Waals surface area contributed by atoms with E-state index in [0.29, 0.717) is 5.75 Å². The van der Waals surface area contributed by atoms with Crippen LogP contribution in [0.3, 0.4) is 0 Å². The van der Waals surface area contributed by atoms with Crippen molar-refractivity contribution >= 4 is 5.91 Å². The van der Waals surface area contributed by atoms with Gasteiger partial charge in [-0.25, -0.2) is 4.39 Å². The van der Waals surface area contributed by atoms with Crippen molar-refractivity contribution in [2.75, 3.05) is 19.7 Å². The summed E-state index contributed by atoms with van der Waals surface area (Å²) < 4.78 is 20.7. The van der Waals surface area contributed by atoms with Crippen LogP contribution in [-0.2, 0) is 24.3 Å². The molecule has 162 valence electrons. The van der Waals surface area contributed by atoms with Gasteiger partial charge in [-0.3, -0.25) is 9.69 Å². The Bertz CT molecular complexity index is 1010. The standard InChI is InChI=1S/C23H26FN5O2/c1-17(25-22(30)16-31-20-5-3-2-4-6-20)23-27-26-21-11-12-28(13-14-29(21)23)15-18-7-9-19(24)10-8-18/h2-10,17H,11-16H2,1H3,(H,25,30). The molecule has 4 rings (SSSR count). The summed E-state index contributed by atoms with van der Waals surface area (Å²) in [6, 6.07) is 15.6. The van der Waals surface area contributed by atoms with Crippen LogP contribution in [0.2, 0.25) is 0 Å². The number of carbonyl (C=O) groups excluding carboxylic acids is 1. The first kappa shape index (κ1) is 21.0. The van der Waals surface area contributed by atoms with E-state index in [2.05, 4.69) is 25.0 Å². The molecule has 1 unspecified atom stereocenters. The van der Waals surface area contributed by atoms with Crippen molar-refractivity contribution in [3.05, 3.63) is 77.6 Å². The quantitative estimate of drug-likeness (QED) is 0.633. The minimum absolute atomic E-state index is 0.0548. The number of rotatable bonds is 7. The summed E-state index contributed by atoms with van der Waals surface area (Å²) >= 11 is 0. The maximum atomic E-state index is 13.1. The van der Waals surface area contributed by atoms with Crippen LogP contribution in [-0.4, -0.2) is 45.3 Å². The van der Waals surface area contributed by atoms with Crippen molar-refractivity contribution < 1.29 is 13.9 Å². The summed E-state index contributed by atoms with van der Waals surface area (Å²) in [5, 5.41) is 11.6. The van der Waals surface area contributed by atoms with E-state index in [0.717, 1.165) is 49.8 Å². The Kier molecular flexibility index (Phi) is 6.57. The number of nitrogens with zero attached hydrogens (tertiary/aromatic N) is 4. The van der Waals surface area contributed by atoms with Crippen LogP contribution in [0.15, 0.2) is 54.6 Å². The molecule has 1 N–H and O–H groups in total. The number of amides is 1. The summed E-state index contributed by atoms with van der Waals surface area (Å²) in [4.78, 5) is 14.6. The van der Waals surface area contributed by atoms with Gasteiger partial charge >= 0.3 is 0 Å². The summed E-state index contributed by atoms with van der Waals surface area (Å²) in [7, 11) is 0. The van der Waals surface area contributed by atoms with E-state index >= 15 is 0 Å². The molecular formula is C23H26FN5O2. The van der Waals surface area contributed by atoms with E-state index in [1.54, 1.807) is 0 Å². The molecule has 7 nitrogen and oxygen atoms in total. The van der Waals surface area contributed by atoms with Crippen molar-refractivity contribution in [2.24, 2.45) is 0 Å². The molecule has 1 aliphatic rings. The van der Waals surface area contributed by atoms with Crippen LogP contribution in [0.5, 0.6) is 5.75 Å². The lowest BCUT2D eigenvalue weighted by Crippen LogP contribution is -2.33. The molecule has 2 aromatic carbocycles. The molecule has 0 saturated carbocycles. The van der Waals surface area contributed by atoms with Crippen molar-refractivity contribution in [3.8, 4) is 5.75 Å². The van der Waals surface area contributed by atoms with Gasteiger partial charge in [-0.05, 0) is 36.8 Å². The van der Waals surface area contributed by atoms with Crippen molar-refractivity contribution in [1.82, 2.24) is 25.0 Å². The number of benzene rings is 2. The Morgan fingerprint density at radius 2 is 1.87 bits per heavy atom. The number of para-hydroxylation sites is 1. The van der Waals surface area contributed by atoms with Crippen LogP contribution in [0, 0.1) is 5.82 Å². The van der Waals surface area contributed by atoms with E-state index in [-0.39, 0.29) is 24.4 Å². The third-order valence-corrected chi connectivity index (χ3v) is 5.34. The van der Waals surface area contributed by atoms with E-state index in [9.17, 15) is 9.18 Å². The molecule has 0 fully saturated rings. The predicted molar refractivity (Wildman–Crippen MR) is 114 cm³/mol. The highest BCUT2D eigenvalue weighted by molar-refractivity contribution is 5.77. The first-order valence-corrected chi connectivity index (χ1v) is 10.4. The SMILES string of the molecule is CC(NC(=O)COc1ccccc1)c1nnc2n1CCN(Cc1ccc(F)cc1)CC2. The van der Waals surface area contributed by atoms with E-state index < -0.39 is 0 Å². The van der Waals surface area contributed by atoms with Gasteiger partial charge in [0.2, 0.25) is 0 Å². The van der Waals surface area contributed by atoms with Gasteiger partial charge in [0.05, 0.1) is 6.04 Å². The molecule has 0 radical (unpaired) electrons. The Balaban J connectivity index is 1.33. The zero-order valence-corrected chi connectivity index (χ0v) is 17.5. The number of hydrogen-bond acceptors (Lipinski definition) is 5. The second-order valence-corrected chi connectivity index (χ2v) is 7.67. The number of carbonyl (C=O) groups is 1. The predicted octanol–water partition coefficient (Wildman–Crippen LogP) is 2.73. The van der Waals surface area contributed by atoms with Gasteiger partial charge in [0.15, 0.2) is 12.4 Å². The van der Waals surface area contributed by atoms with E-state index in [4.69, 9.17) is 4.74 Å². The van der Waals surface area contributed by atoms with E-state index in [1.165, 1.54) is 12.1 Å². The lowest BCUT2D eigenvalue weighted by atomic mass is 10.2. The molecule has 8 heteroatoms. The maximum Gasteiger partial charge on any atom is 0.258 e. The molecule has 2 heterocycles. The van der Waals surface area contributed by atoms with Gasteiger partial charge in [0.1, 0.15) is 17.4 Å². The van der Waals surface area contributed by atoms with Crippen molar-refractivity contribution in [1.29, 1.82) is 0 Å². The molecule has 31 heavy (non-hydrogen) atoms. The Hall–Kier alpha value is -3.26. The molecule has 1 aliphatic heterocycles. The second-order valence-electron chi connectivity index (χ2n) is 7.67. The van der Waals surface area contributed by atoms with Crippen LogP contribution in [0.4, 0.5) is 4.39 Å². The van der Waals surface area contributed by atoms with Gasteiger partial charge in [-0.1, -0.05) is 30.3 Å². The van der Waals surface area contributed by atoms with Crippen molar-refractivity contribution in [3.63, 3.8) is 0 Å². The van der Waals surface area contributed by atoms with Crippen molar-refractivity contribution in [2.45, 2.75) is 32.5 Å².